The first-order valence-electron chi connectivity index (χ1n) is 7.96. The Balaban J connectivity index is 1.80. The molecule has 6 nitrogen and oxygen atoms in total. The van der Waals surface area contributed by atoms with Gasteiger partial charge in [-0.05, 0) is 52.8 Å². The van der Waals surface area contributed by atoms with Gasteiger partial charge in [-0.25, -0.2) is 0 Å². The monoisotopic (exact) mass is 414 g/mol. The second kappa shape index (κ2) is 9.70. The number of para-hydroxylation sites is 1. The van der Waals surface area contributed by atoms with Crippen molar-refractivity contribution in [3.63, 3.8) is 0 Å². The fraction of sp³-hybridized carbons (Fsp3) is 0.211. The van der Waals surface area contributed by atoms with E-state index < -0.39 is 0 Å². The number of nitriles is 1. The second-order valence-electron chi connectivity index (χ2n) is 5.78. The second-order valence-corrected chi connectivity index (χ2v) is 6.63. The van der Waals surface area contributed by atoms with Gasteiger partial charge in [0, 0.05) is 10.2 Å². The van der Waals surface area contributed by atoms with Crippen molar-refractivity contribution in [2.24, 2.45) is 0 Å². The van der Waals surface area contributed by atoms with Gasteiger partial charge in [-0.1, -0.05) is 24.3 Å². The molecule has 0 saturated heterocycles. The van der Waals surface area contributed by atoms with Crippen molar-refractivity contribution >= 4 is 39.1 Å². The molecule has 0 fully saturated rings. The quantitative estimate of drug-likeness (QED) is 0.728. The number of benzene rings is 2. The van der Waals surface area contributed by atoms with E-state index in [-0.39, 0.29) is 24.9 Å². The summed E-state index contributed by atoms with van der Waals surface area (Å²) in [5, 5.41) is 14.2. The molecule has 0 spiro atoms. The van der Waals surface area contributed by atoms with E-state index >= 15 is 0 Å². The maximum atomic E-state index is 12.1. The molecule has 0 aliphatic rings. The van der Waals surface area contributed by atoms with E-state index in [9.17, 15) is 9.59 Å². The lowest BCUT2D eigenvalue weighted by Gasteiger charge is -2.16. The zero-order valence-electron chi connectivity index (χ0n) is 14.3. The summed E-state index contributed by atoms with van der Waals surface area (Å²) in [6, 6.07) is 16.5. The van der Waals surface area contributed by atoms with Crippen molar-refractivity contribution < 1.29 is 9.59 Å². The van der Waals surface area contributed by atoms with Crippen LogP contribution in [0.2, 0.25) is 0 Å². The Morgan fingerprint density at radius 3 is 2.27 bits per heavy atom. The molecule has 2 aromatic rings. The van der Waals surface area contributed by atoms with E-state index in [1.54, 1.807) is 42.3 Å². The van der Waals surface area contributed by atoms with Crippen molar-refractivity contribution in [1.29, 1.82) is 5.26 Å². The largest absolute Gasteiger partial charge is 0.325 e. The molecule has 0 radical (unpaired) electrons. The molecule has 0 aliphatic heterocycles. The van der Waals surface area contributed by atoms with E-state index in [2.05, 4.69) is 32.6 Å². The number of anilines is 2. The molecule has 0 bridgehead atoms. The molecule has 0 aromatic heterocycles. The van der Waals surface area contributed by atoms with Gasteiger partial charge in [0.05, 0.1) is 31.3 Å². The fourth-order valence-corrected chi connectivity index (χ4v) is 2.68. The number of carbonyl (C=O) groups is 2. The number of nitrogens with one attached hydrogen (secondary N) is 2. The summed E-state index contributed by atoms with van der Waals surface area (Å²) in [5.41, 5.74) is 2.24. The minimum absolute atomic E-state index is 0.0866. The molecular formula is C19H19BrN4O2. The number of halogens is 1. The van der Waals surface area contributed by atoms with Crippen LogP contribution in [0.15, 0.2) is 53.0 Å². The molecule has 0 saturated carbocycles. The highest BCUT2D eigenvalue weighted by Crippen LogP contribution is 2.20. The number of rotatable bonds is 7. The van der Waals surface area contributed by atoms with E-state index in [1.807, 2.05) is 18.2 Å². The van der Waals surface area contributed by atoms with Gasteiger partial charge in [0.2, 0.25) is 11.8 Å². The number of amides is 2. The standard InChI is InChI=1S/C19H19BrN4O2/c1-24(13-19(26)23-17-5-3-2-4-16(17)20)12-18(25)22-15-8-6-14(7-9-15)10-11-21/h2-9H,10,12-13H2,1H3,(H,22,25)(H,23,26). The van der Waals surface area contributed by atoms with Crippen LogP contribution in [0.4, 0.5) is 11.4 Å². The van der Waals surface area contributed by atoms with Gasteiger partial charge in [-0.3, -0.25) is 14.5 Å². The van der Waals surface area contributed by atoms with Crippen LogP contribution in [0.25, 0.3) is 0 Å². The molecule has 0 unspecified atom stereocenters. The van der Waals surface area contributed by atoms with E-state index in [1.165, 1.54) is 0 Å². The first-order chi connectivity index (χ1) is 12.5. The summed E-state index contributed by atoms with van der Waals surface area (Å²) in [7, 11) is 1.70. The van der Waals surface area contributed by atoms with Crippen molar-refractivity contribution in [1.82, 2.24) is 4.90 Å². The maximum absolute atomic E-state index is 12.1. The van der Waals surface area contributed by atoms with Gasteiger partial charge in [0.1, 0.15) is 0 Å². The number of nitrogens with zero attached hydrogens (tertiary/aromatic N) is 2. The Bertz CT molecular complexity index is 815. The van der Waals surface area contributed by atoms with Crippen LogP contribution in [-0.4, -0.2) is 36.9 Å². The molecule has 134 valence electrons. The van der Waals surface area contributed by atoms with Gasteiger partial charge in [0.15, 0.2) is 0 Å². The predicted molar refractivity (Wildman–Crippen MR) is 105 cm³/mol. The number of hydrogen-bond acceptors (Lipinski definition) is 4. The zero-order valence-corrected chi connectivity index (χ0v) is 15.9. The molecule has 2 N–H and O–H groups in total. The number of carbonyl (C=O) groups excluding carboxylic acids is 2. The van der Waals surface area contributed by atoms with Crippen LogP contribution in [0.5, 0.6) is 0 Å². The predicted octanol–water partition coefficient (Wildman–Crippen LogP) is 3.02. The highest BCUT2D eigenvalue weighted by molar-refractivity contribution is 9.10. The number of hydrogen-bond donors (Lipinski definition) is 2. The Hall–Kier alpha value is -2.69. The summed E-state index contributed by atoms with van der Waals surface area (Å²) >= 11 is 3.37. The van der Waals surface area contributed by atoms with Crippen molar-refractivity contribution in [3.8, 4) is 6.07 Å². The summed E-state index contributed by atoms with van der Waals surface area (Å²) in [5.74, 6) is -0.415. The van der Waals surface area contributed by atoms with Gasteiger partial charge < -0.3 is 10.6 Å². The van der Waals surface area contributed by atoms with E-state index in [0.29, 0.717) is 17.8 Å². The SMILES string of the molecule is CN(CC(=O)Nc1ccc(CC#N)cc1)CC(=O)Nc1ccccc1Br. The van der Waals surface area contributed by atoms with Gasteiger partial charge in [-0.15, -0.1) is 0 Å². The van der Waals surface area contributed by atoms with Gasteiger partial charge in [0.25, 0.3) is 0 Å². The minimum atomic E-state index is -0.214. The smallest absolute Gasteiger partial charge is 0.238 e. The van der Waals surface area contributed by atoms with Crippen LogP contribution < -0.4 is 10.6 Å². The molecular weight excluding hydrogens is 396 g/mol. The lowest BCUT2D eigenvalue weighted by molar-refractivity contribution is -0.119. The molecule has 7 heteroatoms. The lowest BCUT2D eigenvalue weighted by atomic mass is 10.1. The molecule has 0 aliphatic carbocycles. The third-order valence-electron chi connectivity index (χ3n) is 3.50. The average molecular weight is 415 g/mol. The average Bonchev–Trinajstić information content (AvgIpc) is 2.58. The van der Waals surface area contributed by atoms with E-state index in [4.69, 9.17) is 5.26 Å². The van der Waals surface area contributed by atoms with Crippen LogP contribution in [0, 0.1) is 11.3 Å². The van der Waals surface area contributed by atoms with Gasteiger partial charge in [-0.2, -0.15) is 5.26 Å². The Kier molecular flexibility index (Phi) is 7.33. The fourth-order valence-electron chi connectivity index (χ4n) is 2.30. The lowest BCUT2D eigenvalue weighted by Crippen LogP contribution is -2.36. The normalized spacial score (nSPS) is 10.2. The third kappa shape index (κ3) is 6.31. The Morgan fingerprint density at radius 1 is 1.04 bits per heavy atom. The molecule has 2 rings (SSSR count). The molecule has 0 heterocycles. The van der Waals surface area contributed by atoms with Crippen molar-refractivity contribution in [2.45, 2.75) is 6.42 Å². The van der Waals surface area contributed by atoms with Crippen molar-refractivity contribution in [2.75, 3.05) is 30.8 Å². The highest BCUT2D eigenvalue weighted by atomic mass is 79.9. The first-order valence-corrected chi connectivity index (χ1v) is 8.76. The summed E-state index contributed by atoms with van der Waals surface area (Å²) in [4.78, 5) is 25.8. The first kappa shape index (κ1) is 19.6. The van der Waals surface area contributed by atoms with Crippen LogP contribution >= 0.6 is 15.9 Å². The summed E-state index contributed by atoms with van der Waals surface area (Å²) in [6.45, 7) is 0.180. The molecule has 0 atom stereocenters. The van der Waals surface area contributed by atoms with E-state index in [0.717, 1.165) is 10.0 Å². The van der Waals surface area contributed by atoms with Gasteiger partial charge >= 0.3 is 0 Å². The molecule has 2 aromatic carbocycles. The zero-order chi connectivity index (χ0) is 18.9. The number of likely N-dealkylation sites (N-methyl/N-ethyl adjacent to an activating group) is 1. The minimum Gasteiger partial charge on any atom is -0.325 e. The third-order valence-corrected chi connectivity index (χ3v) is 4.19. The Labute approximate surface area is 160 Å². The van der Waals surface area contributed by atoms with Crippen LogP contribution in [-0.2, 0) is 16.0 Å². The highest BCUT2D eigenvalue weighted by Gasteiger charge is 2.12. The van der Waals surface area contributed by atoms with Crippen LogP contribution in [0.1, 0.15) is 5.56 Å². The van der Waals surface area contributed by atoms with Crippen molar-refractivity contribution in [3.05, 3.63) is 58.6 Å². The molecule has 26 heavy (non-hydrogen) atoms. The maximum Gasteiger partial charge on any atom is 0.238 e. The van der Waals surface area contributed by atoms with Crippen LogP contribution in [0.3, 0.4) is 0 Å². The summed E-state index contributed by atoms with van der Waals surface area (Å²) in [6.07, 6.45) is 0.337. The topological polar surface area (TPSA) is 85.2 Å². The molecule has 2 amide bonds. The summed E-state index contributed by atoms with van der Waals surface area (Å²) < 4.78 is 0.800. The Morgan fingerprint density at radius 2 is 1.65 bits per heavy atom.